The Hall–Kier alpha value is -3.15. The Morgan fingerprint density at radius 1 is 1.07 bits per heavy atom. The zero-order valence-corrected chi connectivity index (χ0v) is 16.5. The molecule has 1 N–H and O–H groups in total. The van der Waals surface area contributed by atoms with Gasteiger partial charge in [0.05, 0.1) is 12.3 Å². The normalized spacial score (nSPS) is 20.6. The summed E-state index contributed by atoms with van der Waals surface area (Å²) in [6.45, 7) is 2.04. The van der Waals surface area contributed by atoms with Crippen LogP contribution in [-0.2, 0) is 27.2 Å². The molecule has 1 heterocycles. The van der Waals surface area contributed by atoms with Crippen LogP contribution in [0.15, 0.2) is 59.7 Å². The minimum atomic E-state index is -0.561. The van der Waals surface area contributed by atoms with Crippen molar-refractivity contribution in [3.05, 3.63) is 65.7 Å². The molecule has 6 nitrogen and oxygen atoms in total. The number of hydrazone groups is 1. The number of nitrogens with one attached hydrogen (secondary N) is 1. The molecule has 2 aliphatic rings. The molecule has 6 heteroatoms. The SMILES string of the molecule is CCOC(=O)C1=NN(c2ccccc2)C(C(=O)NC2CCc3ccccc3C2)C1. The first kappa shape index (κ1) is 19.2. The van der Waals surface area contributed by atoms with E-state index in [0.717, 1.165) is 24.9 Å². The zero-order valence-electron chi connectivity index (χ0n) is 16.5. The van der Waals surface area contributed by atoms with Gasteiger partial charge in [0.2, 0.25) is 5.91 Å². The van der Waals surface area contributed by atoms with Crippen molar-refractivity contribution in [2.24, 2.45) is 5.10 Å². The molecule has 0 saturated heterocycles. The molecule has 1 amide bonds. The summed E-state index contributed by atoms with van der Waals surface area (Å²) in [5.74, 6) is -0.573. The fourth-order valence-electron chi connectivity index (χ4n) is 3.99. The summed E-state index contributed by atoms with van der Waals surface area (Å²) in [6, 6.07) is 17.4. The number of hydrogen-bond donors (Lipinski definition) is 1. The van der Waals surface area contributed by atoms with Gasteiger partial charge in [-0.3, -0.25) is 9.80 Å². The second kappa shape index (κ2) is 8.47. The van der Waals surface area contributed by atoms with Crippen molar-refractivity contribution in [2.75, 3.05) is 11.6 Å². The van der Waals surface area contributed by atoms with Crippen LogP contribution < -0.4 is 10.3 Å². The maximum atomic E-state index is 13.2. The van der Waals surface area contributed by atoms with Gasteiger partial charge in [-0.05, 0) is 49.4 Å². The highest BCUT2D eigenvalue weighted by molar-refractivity contribution is 6.38. The molecular formula is C23H25N3O3. The quantitative estimate of drug-likeness (QED) is 0.796. The number of benzene rings is 2. The molecule has 0 saturated carbocycles. The van der Waals surface area contributed by atoms with Crippen molar-refractivity contribution in [3.8, 4) is 0 Å². The first-order chi connectivity index (χ1) is 14.2. The Labute approximate surface area is 170 Å². The lowest BCUT2D eigenvalue weighted by molar-refractivity contribution is -0.135. The minimum Gasteiger partial charge on any atom is -0.461 e. The van der Waals surface area contributed by atoms with E-state index in [4.69, 9.17) is 4.74 Å². The first-order valence-corrected chi connectivity index (χ1v) is 10.1. The number of aryl methyl sites for hydroxylation is 1. The summed E-state index contributed by atoms with van der Waals surface area (Å²) in [6.07, 6.45) is 2.93. The molecular weight excluding hydrogens is 366 g/mol. The van der Waals surface area contributed by atoms with Gasteiger partial charge < -0.3 is 10.1 Å². The molecule has 1 aliphatic carbocycles. The lowest BCUT2D eigenvalue weighted by Gasteiger charge is -2.29. The molecule has 0 spiro atoms. The number of amides is 1. The van der Waals surface area contributed by atoms with Crippen LogP contribution >= 0.6 is 0 Å². The van der Waals surface area contributed by atoms with E-state index in [-0.39, 0.29) is 30.7 Å². The van der Waals surface area contributed by atoms with Crippen LogP contribution in [0.3, 0.4) is 0 Å². The average molecular weight is 391 g/mol. The van der Waals surface area contributed by atoms with Gasteiger partial charge in [0.15, 0.2) is 0 Å². The Morgan fingerprint density at radius 3 is 2.55 bits per heavy atom. The highest BCUT2D eigenvalue weighted by atomic mass is 16.5. The highest BCUT2D eigenvalue weighted by Crippen LogP contribution is 2.26. The number of carbonyl (C=O) groups is 2. The summed E-state index contributed by atoms with van der Waals surface area (Å²) in [4.78, 5) is 25.4. The Bertz CT molecular complexity index is 926. The molecule has 4 rings (SSSR count). The van der Waals surface area contributed by atoms with Gasteiger partial charge in [0.25, 0.3) is 0 Å². The van der Waals surface area contributed by atoms with Crippen molar-refractivity contribution in [2.45, 2.75) is 44.7 Å². The molecule has 29 heavy (non-hydrogen) atoms. The maximum absolute atomic E-state index is 13.2. The smallest absolute Gasteiger partial charge is 0.354 e. The summed E-state index contributed by atoms with van der Waals surface area (Å²) >= 11 is 0. The van der Waals surface area contributed by atoms with Crippen LogP contribution in [0.5, 0.6) is 0 Å². The fraction of sp³-hybridized carbons (Fsp3) is 0.348. The third-order valence-corrected chi connectivity index (χ3v) is 5.44. The zero-order chi connectivity index (χ0) is 20.2. The molecule has 0 radical (unpaired) electrons. The summed E-state index contributed by atoms with van der Waals surface area (Å²) in [5.41, 5.74) is 3.71. The third kappa shape index (κ3) is 4.16. The number of fused-ring (bicyclic) bond motifs is 1. The number of esters is 1. The van der Waals surface area contributed by atoms with E-state index in [9.17, 15) is 9.59 Å². The van der Waals surface area contributed by atoms with E-state index in [2.05, 4.69) is 28.6 Å². The Kier molecular flexibility index (Phi) is 5.60. The van der Waals surface area contributed by atoms with Crippen LogP contribution in [0.25, 0.3) is 0 Å². The minimum absolute atomic E-state index is 0.0849. The molecule has 0 bridgehead atoms. The van der Waals surface area contributed by atoms with E-state index < -0.39 is 12.0 Å². The van der Waals surface area contributed by atoms with Gasteiger partial charge in [-0.25, -0.2) is 4.79 Å². The number of nitrogens with zero attached hydrogens (tertiary/aromatic N) is 2. The first-order valence-electron chi connectivity index (χ1n) is 10.1. The molecule has 150 valence electrons. The van der Waals surface area contributed by atoms with E-state index in [1.54, 1.807) is 11.9 Å². The van der Waals surface area contributed by atoms with Gasteiger partial charge >= 0.3 is 5.97 Å². The van der Waals surface area contributed by atoms with Crippen LogP contribution in [0.2, 0.25) is 0 Å². The van der Waals surface area contributed by atoms with Crippen molar-refractivity contribution in [3.63, 3.8) is 0 Å². The summed E-state index contributed by atoms with van der Waals surface area (Å²) in [7, 11) is 0. The van der Waals surface area contributed by atoms with Crippen molar-refractivity contribution in [1.29, 1.82) is 0 Å². The molecule has 2 aromatic carbocycles. The lowest BCUT2D eigenvalue weighted by Crippen LogP contribution is -2.48. The largest absolute Gasteiger partial charge is 0.461 e. The summed E-state index contributed by atoms with van der Waals surface area (Å²) in [5, 5.41) is 9.25. The number of rotatable bonds is 5. The van der Waals surface area contributed by atoms with Crippen LogP contribution in [0.4, 0.5) is 5.69 Å². The van der Waals surface area contributed by atoms with Crippen LogP contribution in [0.1, 0.15) is 30.9 Å². The van der Waals surface area contributed by atoms with Gasteiger partial charge in [0.1, 0.15) is 11.8 Å². The molecule has 0 aromatic heterocycles. The van der Waals surface area contributed by atoms with Gasteiger partial charge in [-0.2, -0.15) is 5.10 Å². The Balaban J connectivity index is 1.50. The number of hydrogen-bond acceptors (Lipinski definition) is 5. The second-order valence-corrected chi connectivity index (χ2v) is 7.38. The van der Waals surface area contributed by atoms with E-state index >= 15 is 0 Å². The molecule has 2 unspecified atom stereocenters. The van der Waals surface area contributed by atoms with Crippen LogP contribution in [-0.4, -0.2) is 36.3 Å². The van der Waals surface area contributed by atoms with Gasteiger partial charge in [-0.1, -0.05) is 42.5 Å². The van der Waals surface area contributed by atoms with Crippen LogP contribution in [0, 0.1) is 0 Å². The number of para-hydroxylation sites is 1. The Morgan fingerprint density at radius 2 is 1.79 bits per heavy atom. The predicted octanol–water partition coefficient (Wildman–Crippen LogP) is 2.86. The van der Waals surface area contributed by atoms with Crippen molar-refractivity contribution < 1.29 is 14.3 Å². The third-order valence-electron chi connectivity index (χ3n) is 5.44. The lowest BCUT2D eigenvalue weighted by atomic mass is 9.88. The molecule has 2 atom stereocenters. The van der Waals surface area contributed by atoms with E-state index in [1.807, 2.05) is 36.4 Å². The standard InChI is InChI=1S/C23H25N3O3/c1-2-29-23(28)20-15-21(26(25-20)19-10-4-3-5-11-19)22(27)24-18-13-12-16-8-6-7-9-17(16)14-18/h3-11,18,21H,2,12-15H2,1H3,(H,24,27). The summed E-state index contributed by atoms with van der Waals surface area (Å²) < 4.78 is 5.10. The topological polar surface area (TPSA) is 71.0 Å². The van der Waals surface area contributed by atoms with Crippen molar-refractivity contribution in [1.82, 2.24) is 5.32 Å². The fourth-order valence-corrected chi connectivity index (χ4v) is 3.99. The van der Waals surface area contributed by atoms with Gasteiger partial charge in [-0.15, -0.1) is 0 Å². The molecule has 2 aromatic rings. The van der Waals surface area contributed by atoms with E-state index in [1.165, 1.54) is 11.1 Å². The highest BCUT2D eigenvalue weighted by Gasteiger charge is 2.37. The number of anilines is 1. The average Bonchev–Trinajstić information content (AvgIpc) is 3.20. The molecule has 0 fully saturated rings. The maximum Gasteiger partial charge on any atom is 0.354 e. The van der Waals surface area contributed by atoms with E-state index in [0.29, 0.717) is 0 Å². The monoisotopic (exact) mass is 391 g/mol. The predicted molar refractivity (Wildman–Crippen MR) is 112 cm³/mol. The second-order valence-electron chi connectivity index (χ2n) is 7.38. The number of ether oxygens (including phenoxy) is 1. The van der Waals surface area contributed by atoms with Crippen molar-refractivity contribution >= 4 is 23.3 Å². The van der Waals surface area contributed by atoms with Gasteiger partial charge in [0, 0.05) is 12.5 Å². The number of carbonyl (C=O) groups excluding carboxylic acids is 2. The molecule has 1 aliphatic heterocycles.